The molecule has 1 aliphatic rings. The molecule has 20 heavy (non-hydrogen) atoms. The topological polar surface area (TPSA) is 18.5 Å². The second-order valence-corrected chi connectivity index (χ2v) is 6.55. The number of rotatable bonds is 5. The summed E-state index contributed by atoms with van der Waals surface area (Å²) >= 11 is 0. The molecule has 1 aromatic rings. The highest BCUT2D eigenvalue weighted by atomic mass is 16.7. The maximum absolute atomic E-state index is 6.11. The fourth-order valence-corrected chi connectivity index (χ4v) is 2.41. The molecule has 1 heterocycles. The van der Waals surface area contributed by atoms with Crippen molar-refractivity contribution in [3.8, 4) is 0 Å². The van der Waals surface area contributed by atoms with E-state index >= 15 is 0 Å². The van der Waals surface area contributed by atoms with Gasteiger partial charge in [-0.2, -0.15) is 0 Å². The minimum absolute atomic E-state index is 0.193. The normalized spacial score (nSPS) is 21.7. The highest BCUT2D eigenvalue weighted by Gasteiger charge is 2.52. The Morgan fingerprint density at radius 1 is 1.10 bits per heavy atom. The number of allylic oxidation sites excluding steroid dienone is 1. The van der Waals surface area contributed by atoms with Gasteiger partial charge in [0, 0.05) is 5.82 Å². The Kier molecular flexibility index (Phi) is 4.41. The van der Waals surface area contributed by atoms with Gasteiger partial charge < -0.3 is 9.31 Å². The molecule has 108 valence electrons. The Bertz CT molecular complexity index is 437. The zero-order chi connectivity index (χ0) is 14.8. The molecule has 1 fully saturated rings. The fourth-order valence-electron chi connectivity index (χ4n) is 2.41. The van der Waals surface area contributed by atoms with Crippen LogP contribution in [0.25, 0.3) is 0 Å². The molecule has 1 atom stereocenters. The van der Waals surface area contributed by atoms with Gasteiger partial charge in [-0.25, -0.2) is 0 Å². The van der Waals surface area contributed by atoms with Crippen molar-refractivity contribution in [2.45, 2.75) is 57.6 Å². The van der Waals surface area contributed by atoms with Crippen molar-refractivity contribution in [1.29, 1.82) is 0 Å². The lowest BCUT2D eigenvalue weighted by molar-refractivity contribution is 0.00578. The molecule has 2 rings (SSSR count). The first-order chi connectivity index (χ1) is 9.36. The van der Waals surface area contributed by atoms with Crippen molar-refractivity contribution >= 4 is 7.12 Å². The van der Waals surface area contributed by atoms with Gasteiger partial charge in [-0.1, -0.05) is 36.4 Å². The third kappa shape index (κ3) is 3.16. The molecule has 0 saturated carbocycles. The standard InChI is InChI=1S/C17H25BO2/c1-6-15(13-12-14-10-8-7-9-11-14)18-19-16(2,3)17(4,5)20-18/h6-11,15H,1,12-13H2,2-5H3. The van der Waals surface area contributed by atoms with Crippen molar-refractivity contribution in [3.05, 3.63) is 48.6 Å². The van der Waals surface area contributed by atoms with Gasteiger partial charge in [0.1, 0.15) is 0 Å². The van der Waals surface area contributed by atoms with Crippen molar-refractivity contribution in [1.82, 2.24) is 0 Å². The molecule has 0 bridgehead atoms. The van der Waals surface area contributed by atoms with E-state index in [9.17, 15) is 0 Å². The monoisotopic (exact) mass is 272 g/mol. The molecule has 0 radical (unpaired) electrons. The number of benzene rings is 1. The van der Waals surface area contributed by atoms with Gasteiger partial charge in [0.05, 0.1) is 11.2 Å². The third-order valence-electron chi connectivity index (χ3n) is 4.53. The lowest BCUT2D eigenvalue weighted by Gasteiger charge is -2.32. The second-order valence-electron chi connectivity index (χ2n) is 6.55. The lowest BCUT2D eigenvalue weighted by atomic mass is 9.69. The molecule has 1 aromatic carbocycles. The Labute approximate surface area is 123 Å². The maximum atomic E-state index is 6.11. The van der Waals surface area contributed by atoms with Gasteiger partial charge in [-0.05, 0) is 46.1 Å². The van der Waals surface area contributed by atoms with Gasteiger partial charge in [0.2, 0.25) is 0 Å². The summed E-state index contributed by atoms with van der Waals surface area (Å²) in [4.78, 5) is 0. The van der Waals surface area contributed by atoms with Crippen LogP contribution >= 0.6 is 0 Å². The van der Waals surface area contributed by atoms with Crippen LogP contribution in [0.5, 0.6) is 0 Å². The van der Waals surface area contributed by atoms with Crippen molar-refractivity contribution in [2.24, 2.45) is 0 Å². The van der Waals surface area contributed by atoms with Crippen LogP contribution in [0.3, 0.4) is 0 Å². The summed E-state index contributed by atoms with van der Waals surface area (Å²) in [6, 6.07) is 10.5. The van der Waals surface area contributed by atoms with E-state index in [2.05, 4.69) is 58.5 Å². The molecule has 0 N–H and O–H groups in total. The highest BCUT2D eigenvalue weighted by Crippen LogP contribution is 2.41. The largest absolute Gasteiger partial charge is 0.465 e. The lowest BCUT2D eigenvalue weighted by Crippen LogP contribution is -2.41. The summed E-state index contributed by atoms with van der Waals surface area (Å²) in [5.41, 5.74) is 0.799. The Morgan fingerprint density at radius 2 is 1.65 bits per heavy atom. The second kappa shape index (κ2) is 5.75. The minimum Gasteiger partial charge on any atom is -0.403 e. The third-order valence-corrected chi connectivity index (χ3v) is 4.53. The summed E-state index contributed by atoms with van der Waals surface area (Å²) in [5.74, 6) is 0.219. The molecule has 3 heteroatoms. The maximum Gasteiger partial charge on any atom is 0.465 e. The van der Waals surface area contributed by atoms with Gasteiger partial charge in [0.25, 0.3) is 0 Å². The quantitative estimate of drug-likeness (QED) is 0.588. The summed E-state index contributed by atoms with van der Waals surface area (Å²) < 4.78 is 12.2. The predicted octanol–water partition coefficient (Wildman–Crippen LogP) is 4.27. The van der Waals surface area contributed by atoms with Gasteiger partial charge in [0.15, 0.2) is 0 Å². The molecule has 0 aromatic heterocycles. The predicted molar refractivity (Wildman–Crippen MR) is 84.8 cm³/mol. The summed E-state index contributed by atoms with van der Waals surface area (Å²) in [6.07, 6.45) is 3.97. The molecule has 1 saturated heterocycles. The first kappa shape index (κ1) is 15.3. The average Bonchev–Trinajstić information content (AvgIpc) is 2.60. The van der Waals surface area contributed by atoms with Gasteiger partial charge in [-0.3, -0.25) is 0 Å². The van der Waals surface area contributed by atoms with E-state index < -0.39 is 0 Å². The van der Waals surface area contributed by atoms with Gasteiger partial charge in [-0.15, -0.1) is 6.58 Å². The van der Waals surface area contributed by atoms with Crippen LogP contribution in [0.4, 0.5) is 0 Å². The molecular formula is C17H25BO2. The highest BCUT2D eigenvalue weighted by molar-refractivity contribution is 6.48. The molecular weight excluding hydrogens is 247 g/mol. The fraction of sp³-hybridized carbons (Fsp3) is 0.529. The van der Waals surface area contributed by atoms with Crippen molar-refractivity contribution in [2.75, 3.05) is 0 Å². The molecule has 2 nitrogen and oxygen atoms in total. The van der Waals surface area contributed by atoms with Gasteiger partial charge >= 0.3 is 7.12 Å². The van der Waals surface area contributed by atoms with Crippen molar-refractivity contribution in [3.63, 3.8) is 0 Å². The first-order valence-corrected chi connectivity index (χ1v) is 7.38. The van der Waals surface area contributed by atoms with Crippen LogP contribution in [0, 0.1) is 0 Å². The molecule has 1 aliphatic heterocycles. The molecule has 0 aliphatic carbocycles. The van der Waals surface area contributed by atoms with E-state index in [1.165, 1.54) is 5.56 Å². The summed E-state index contributed by atoms with van der Waals surface area (Å²) in [5, 5.41) is 0. The van der Waals surface area contributed by atoms with E-state index in [1.807, 2.05) is 12.1 Å². The molecule has 0 spiro atoms. The Hall–Kier alpha value is -1.06. The Balaban J connectivity index is 1.98. The van der Waals surface area contributed by atoms with Crippen molar-refractivity contribution < 1.29 is 9.31 Å². The van der Waals surface area contributed by atoms with E-state index in [0.717, 1.165) is 12.8 Å². The minimum atomic E-state index is -0.272. The molecule has 0 amide bonds. The number of hydrogen-bond acceptors (Lipinski definition) is 2. The van der Waals surface area contributed by atoms with E-state index in [1.54, 1.807) is 0 Å². The number of hydrogen-bond donors (Lipinski definition) is 0. The Morgan fingerprint density at radius 3 is 2.15 bits per heavy atom. The van der Waals surface area contributed by atoms with E-state index in [-0.39, 0.29) is 24.1 Å². The van der Waals surface area contributed by atoms with Crippen LogP contribution < -0.4 is 0 Å². The SMILES string of the molecule is C=CC(CCc1ccccc1)B1OC(C)(C)C(C)(C)O1. The summed E-state index contributed by atoms with van der Waals surface area (Å²) in [7, 11) is -0.193. The van der Waals surface area contributed by atoms with Crippen LogP contribution in [-0.4, -0.2) is 18.3 Å². The number of aryl methyl sites for hydroxylation is 1. The van der Waals surface area contributed by atoms with Crippen LogP contribution in [0.1, 0.15) is 39.7 Å². The van der Waals surface area contributed by atoms with E-state index in [0.29, 0.717) is 0 Å². The first-order valence-electron chi connectivity index (χ1n) is 7.38. The van der Waals surface area contributed by atoms with Crippen LogP contribution in [0.15, 0.2) is 43.0 Å². The van der Waals surface area contributed by atoms with E-state index in [4.69, 9.17) is 9.31 Å². The average molecular weight is 272 g/mol. The smallest absolute Gasteiger partial charge is 0.403 e. The zero-order valence-corrected chi connectivity index (χ0v) is 13.1. The van der Waals surface area contributed by atoms with Crippen LogP contribution in [0.2, 0.25) is 5.82 Å². The summed E-state index contributed by atoms with van der Waals surface area (Å²) in [6.45, 7) is 12.3. The van der Waals surface area contributed by atoms with Crippen LogP contribution in [-0.2, 0) is 15.7 Å². The molecule has 1 unspecified atom stereocenters. The zero-order valence-electron chi connectivity index (χ0n) is 13.1.